The van der Waals surface area contributed by atoms with E-state index in [0.717, 1.165) is 37.3 Å². The van der Waals surface area contributed by atoms with E-state index >= 15 is 0 Å². The van der Waals surface area contributed by atoms with E-state index in [2.05, 4.69) is 10.2 Å². The van der Waals surface area contributed by atoms with Gasteiger partial charge in [0.15, 0.2) is 0 Å². The van der Waals surface area contributed by atoms with E-state index in [1.54, 1.807) is 6.07 Å². The van der Waals surface area contributed by atoms with E-state index in [4.69, 9.17) is 0 Å². The minimum atomic E-state index is -0.0698. The topological polar surface area (TPSA) is 15.3 Å². The molecular formula is C13H19FN2. The smallest absolute Gasteiger partial charge is 0.128 e. The largest absolute Gasteiger partial charge is 0.371 e. The van der Waals surface area contributed by atoms with Crippen molar-refractivity contribution in [3.05, 3.63) is 29.6 Å². The molecule has 1 saturated heterocycles. The molecule has 0 spiro atoms. The molecule has 1 aliphatic rings. The highest BCUT2D eigenvalue weighted by Gasteiger charge is 2.17. The summed E-state index contributed by atoms with van der Waals surface area (Å²) >= 11 is 0. The summed E-state index contributed by atoms with van der Waals surface area (Å²) in [5, 5.41) is 3.08. The summed E-state index contributed by atoms with van der Waals surface area (Å²) < 4.78 is 13.8. The fraction of sp³-hybridized carbons (Fsp3) is 0.538. The Morgan fingerprint density at radius 3 is 2.75 bits per heavy atom. The van der Waals surface area contributed by atoms with Crippen LogP contribution in [0, 0.1) is 5.82 Å². The highest BCUT2D eigenvalue weighted by Crippen LogP contribution is 2.26. The molecule has 0 amide bonds. The molecule has 1 fully saturated rings. The van der Waals surface area contributed by atoms with Crippen molar-refractivity contribution in [1.29, 1.82) is 0 Å². The molecule has 1 heterocycles. The van der Waals surface area contributed by atoms with Crippen LogP contribution < -0.4 is 10.2 Å². The Hall–Kier alpha value is -1.09. The summed E-state index contributed by atoms with van der Waals surface area (Å²) in [5.41, 5.74) is 1.95. The number of halogens is 1. The van der Waals surface area contributed by atoms with Gasteiger partial charge in [-0.3, -0.25) is 0 Å². The first kappa shape index (κ1) is 11.4. The van der Waals surface area contributed by atoms with Crippen LogP contribution in [0.4, 0.5) is 10.1 Å². The number of nitrogens with zero attached hydrogens (tertiary/aromatic N) is 1. The quantitative estimate of drug-likeness (QED) is 0.840. The molecule has 2 rings (SSSR count). The maximum atomic E-state index is 13.8. The van der Waals surface area contributed by atoms with E-state index in [-0.39, 0.29) is 5.82 Å². The molecule has 0 saturated carbocycles. The SMILES string of the molecule is CNCCc1c(F)cccc1N1CCCC1. The Kier molecular flexibility index (Phi) is 3.78. The van der Waals surface area contributed by atoms with E-state index in [9.17, 15) is 4.39 Å². The van der Waals surface area contributed by atoms with Crippen LogP contribution in [-0.4, -0.2) is 26.7 Å². The maximum absolute atomic E-state index is 13.8. The van der Waals surface area contributed by atoms with Crippen molar-refractivity contribution >= 4 is 5.69 Å². The molecule has 3 heteroatoms. The van der Waals surface area contributed by atoms with E-state index in [1.807, 2.05) is 19.2 Å². The molecule has 0 aliphatic carbocycles. The highest BCUT2D eigenvalue weighted by atomic mass is 19.1. The monoisotopic (exact) mass is 222 g/mol. The maximum Gasteiger partial charge on any atom is 0.128 e. The average molecular weight is 222 g/mol. The van der Waals surface area contributed by atoms with Gasteiger partial charge in [-0.1, -0.05) is 6.07 Å². The number of anilines is 1. The molecule has 1 aromatic carbocycles. The van der Waals surface area contributed by atoms with Crippen molar-refractivity contribution < 1.29 is 4.39 Å². The third-order valence-corrected chi connectivity index (χ3v) is 3.17. The molecule has 1 aliphatic heterocycles. The molecule has 2 nitrogen and oxygen atoms in total. The van der Waals surface area contributed by atoms with Crippen molar-refractivity contribution in [2.75, 3.05) is 31.6 Å². The van der Waals surface area contributed by atoms with E-state index in [1.165, 1.54) is 12.8 Å². The van der Waals surface area contributed by atoms with Crippen molar-refractivity contribution in [3.8, 4) is 0 Å². The first-order valence-electron chi connectivity index (χ1n) is 6.00. The van der Waals surface area contributed by atoms with Crippen LogP contribution in [0.1, 0.15) is 18.4 Å². The molecule has 88 valence electrons. The summed E-state index contributed by atoms with van der Waals surface area (Å²) in [4.78, 5) is 2.30. The molecule has 1 aromatic rings. The third kappa shape index (κ3) is 2.35. The predicted octanol–water partition coefficient (Wildman–Crippen LogP) is 2.19. The average Bonchev–Trinajstić information content (AvgIpc) is 2.80. The van der Waals surface area contributed by atoms with Gasteiger partial charge in [0.25, 0.3) is 0 Å². The lowest BCUT2D eigenvalue weighted by molar-refractivity contribution is 0.604. The van der Waals surface area contributed by atoms with Gasteiger partial charge in [-0.15, -0.1) is 0 Å². The van der Waals surface area contributed by atoms with Gasteiger partial charge in [0.05, 0.1) is 0 Å². The first-order valence-corrected chi connectivity index (χ1v) is 6.00. The highest BCUT2D eigenvalue weighted by molar-refractivity contribution is 5.55. The Bertz CT molecular complexity index is 346. The Balaban J connectivity index is 2.24. The van der Waals surface area contributed by atoms with Gasteiger partial charge in [-0.25, -0.2) is 4.39 Å². The van der Waals surface area contributed by atoms with Gasteiger partial charge >= 0.3 is 0 Å². The van der Waals surface area contributed by atoms with Crippen LogP contribution in [-0.2, 0) is 6.42 Å². The van der Waals surface area contributed by atoms with Crippen molar-refractivity contribution in [1.82, 2.24) is 5.32 Å². The second-order valence-corrected chi connectivity index (χ2v) is 4.29. The molecule has 0 bridgehead atoms. The lowest BCUT2D eigenvalue weighted by atomic mass is 10.1. The number of nitrogens with one attached hydrogen (secondary N) is 1. The zero-order valence-corrected chi connectivity index (χ0v) is 9.80. The van der Waals surface area contributed by atoms with Crippen LogP contribution >= 0.6 is 0 Å². The lowest BCUT2D eigenvalue weighted by Gasteiger charge is -2.21. The van der Waals surface area contributed by atoms with E-state index in [0.29, 0.717) is 0 Å². The molecule has 0 aromatic heterocycles. The summed E-state index contributed by atoms with van der Waals surface area (Å²) in [6.07, 6.45) is 3.21. The van der Waals surface area contributed by atoms with Gasteiger partial charge in [0, 0.05) is 24.3 Å². The first-order chi connectivity index (χ1) is 7.83. The Morgan fingerprint density at radius 1 is 1.31 bits per heavy atom. The molecule has 1 N–H and O–H groups in total. The number of likely N-dealkylation sites (N-methyl/N-ethyl adjacent to an activating group) is 1. The molecule has 0 atom stereocenters. The number of benzene rings is 1. The summed E-state index contributed by atoms with van der Waals surface area (Å²) in [6.45, 7) is 2.95. The van der Waals surface area contributed by atoms with Crippen molar-refractivity contribution in [2.45, 2.75) is 19.3 Å². The predicted molar refractivity (Wildman–Crippen MR) is 65.5 cm³/mol. The molecule has 0 radical (unpaired) electrons. The fourth-order valence-electron chi connectivity index (χ4n) is 2.30. The summed E-state index contributed by atoms with van der Waals surface area (Å²) in [7, 11) is 1.90. The van der Waals surface area contributed by atoms with Gasteiger partial charge < -0.3 is 10.2 Å². The van der Waals surface area contributed by atoms with Gasteiger partial charge in [0.1, 0.15) is 5.82 Å². The van der Waals surface area contributed by atoms with Gasteiger partial charge in [0.2, 0.25) is 0 Å². The minimum absolute atomic E-state index is 0.0698. The van der Waals surface area contributed by atoms with E-state index < -0.39 is 0 Å². The summed E-state index contributed by atoms with van der Waals surface area (Å²) in [5.74, 6) is -0.0698. The molecule has 0 unspecified atom stereocenters. The Morgan fingerprint density at radius 2 is 2.06 bits per heavy atom. The number of rotatable bonds is 4. The Labute approximate surface area is 96.5 Å². The van der Waals surface area contributed by atoms with Crippen molar-refractivity contribution in [3.63, 3.8) is 0 Å². The second kappa shape index (κ2) is 5.30. The van der Waals surface area contributed by atoms with Crippen LogP contribution in [0.2, 0.25) is 0 Å². The zero-order valence-electron chi connectivity index (χ0n) is 9.80. The standard InChI is InChI=1S/C13H19FN2/c1-15-8-7-11-12(14)5-4-6-13(11)16-9-2-3-10-16/h4-6,15H,2-3,7-10H2,1H3. The number of hydrogen-bond acceptors (Lipinski definition) is 2. The van der Waals surface area contributed by atoms with Crippen LogP contribution in [0.5, 0.6) is 0 Å². The fourth-order valence-corrected chi connectivity index (χ4v) is 2.30. The normalized spacial score (nSPS) is 15.8. The second-order valence-electron chi connectivity index (χ2n) is 4.29. The molecule has 16 heavy (non-hydrogen) atoms. The minimum Gasteiger partial charge on any atom is -0.371 e. The zero-order chi connectivity index (χ0) is 11.4. The van der Waals surface area contributed by atoms with Crippen LogP contribution in [0.25, 0.3) is 0 Å². The van der Waals surface area contributed by atoms with Crippen LogP contribution in [0.15, 0.2) is 18.2 Å². The number of hydrogen-bond donors (Lipinski definition) is 1. The van der Waals surface area contributed by atoms with Crippen LogP contribution in [0.3, 0.4) is 0 Å². The summed E-state index contributed by atoms with van der Waals surface area (Å²) in [6, 6.07) is 5.41. The lowest BCUT2D eigenvalue weighted by Crippen LogP contribution is -2.21. The third-order valence-electron chi connectivity index (χ3n) is 3.17. The van der Waals surface area contributed by atoms with Crippen molar-refractivity contribution in [2.24, 2.45) is 0 Å². The van der Waals surface area contributed by atoms with Gasteiger partial charge in [-0.2, -0.15) is 0 Å². The van der Waals surface area contributed by atoms with Gasteiger partial charge in [-0.05, 0) is 45.0 Å². The molecular weight excluding hydrogens is 203 g/mol.